The summed E-state index contributed by atoms with van der Waals surface area (Å²) in [4.78, 5) is 16.9. The molecule has 26 heavy (non-hydrogen) atoms. The number of benzene rings is 1. The van der Waals surface area contributed by atoms with Gasteiger partial charge in [-0.2, -0.15) is 0 Å². The van der Waals surface area contributed by atoms with Gasteiger partial charge in [-0.15, -0.1) is 0 Å². The molecule has 6 nitrogen and oxygen atoms in total. The van der Waals surface area contributed by atoms with Gasteiger partial charge in [0.15, 0.2) is 0 Å². The van der Waals surface area contributed by atoms with E-state index in [9.17, 15) is 4.79 Å². The van der Waals surface area contributed by atoms with Crippen molar-refractivity contribution >= 4 is 11.8 Å². The van der Waals surface area contributed by atoms with Crippen molar-refractivity contribution in [2.75, 3.05) is 44.6 Å². The summed E-state index contributed by atoms with van der Waals surface area (Å²) >= 11 is 0. The molecule has 1 fully saturated rings. The first kappa shape index (κ1) is 18.6. The average molecular weight is 356 g/mol. The highest BCUT2D eigenvalue weighted by Crippen LogP contribution is 2.17. The number of amides is 1. The normalized spacial score (nSPS) is 16.1. The summed E-state index contributed by atoms with van der Waals surface area (Å²) in [5, 5.41) is 6.76. The largest absolute Gasteiger partial charge is 0.338 e. The van der Waals surface area contributed by atoms with Crippen molar-refractivity contribution < 1.29 is 9.32 Å². The maximum Gasteiger partial charge on any atom is 0.240 e. The summed E-state index contributed by atoms with van der Waals surface area (Å²) in [7, 11) is 0. The topological polar surface area (TPSA) is 61.6 Å². The Bertz CT molecular complexity index is 691. The van der Waals surface area contributed by atoms with Gasteiger partial charge in [-0.3, -0.25) is 15.0 Å². The van der Waals surface area contributed by atoms with Gasteiger partial charge in [-0.05, 0) is 17.9 Å². The standard InChI is InChI=1S/C20H28N4O2/c1-16(2)18-14-20(26-22-18)21-19(25)15-24-12-10-23(11-13-24)9-8-17-6-4-3-5-7-17/h3-7,14,16H,8-13,15H2,1-2H3,(H,21,25). The number of hydrogen-bond donors (Lipinski definition) is 1. The van der Waals surface area contributed by atoms with Crippen molar-refractivity contribution in [2.45, 2.75) is 26.2 Å². The van der Waals surface area contributed by atoms with E-state index < -0.39 is 0 Å². The number of carbonyl (C=O) groups is 1. The van der Waals surface area contributed by atoms with Crippen molar-refractivity contribution in [1.29, 1.82) is 0 Å². The van der Waals surface area contributed by atoms with E-state index in [1.54, 1.807) is 6.07 Å². The third kappa shape index (κ3) is 5.41. The predicted molar refractivity (Wildman–Crippen MR) is 102 cm³/mol. The van der Waals surface area contributed by atoms with Crippen molar-refractivity contribution in [3.8, 4) is 0 Å². The van der Waals surface area contributed by atoms with Gasteiger partial charge in [0.2, 0.25) is 11.8 Å². The summed E-state index contributed by atoms with van der Waals surface area (Å²) in [5.74, 6) is 0.669. The van der Waals surface area contributed by atoms with Crippen molar-refractivity contribution in [3.05, 3.63) is 47.7 Å². The number of anilines is 1. The summed E-state index contributed by atoms with van der Waals surface area (Å²) in [6, 6.07) is 12.4. The Morgan fingerprint density at radius 3 is 2.50 bits per heavy atom. The molecule has 0 radical (unpaired) electrons. The molecular formula is C20H28N4O2. The van der Waals surface area contributed by atoms with Crippen LogP contribution in [0, 0.1) is 0 Å². The highest BCUT2D eigenvalue weighted by atomic mass is 16.5. The highest BCUT2D eigenvalue weighted by Gasteiger charge is 2.19. The Labute approximate surface area is 155 Å². The summed E-state index contributed by atoms with van der Waals surface area (Å²) in [6.45, 7) is 9.37. The van der Waals surface area contributed by atoms with Gasteiger partial charge in [-0.1, -0.05) is 49.3 Å². The molecule has 1 aromatic carbocycles. The van der Waals surface area contributed by atoms with Crippen LogP contribution in [0.3, 0.4) is 0 Å². The number of nitrogens with one attached hydrogen (secondary N) is 1. The van der Waals surface area contributed by atoms with E-state index in [4.69, 9.17) is 4.52 Å². The summed E-state index contributed by atoms with van der Waals surface area (Å²) < 4.78 is 5.17. The van der Waals surface area contributed by atoms with E-state index >= 15 is 0 Å². The molecule has 0 spiro atoms. The molecule has 0 unspecified atom stereocenters. The fourth-order valence-electron chi connectivity index (χ4n) is 3.10. The molecule has 2 aromatic rings. The second kappa shape index (κ2) is 8.96. The lowest BCUT2D eigenvalue weighted by molar-refractivity contribution is -0.117. The number of nitrogens with zero attached hydrogens (tertiary/aromatic N) is 3. The summed E-state index contributed by atoms with van der Waals surface area (Å²) in [6.07, 6.45) is 1.07. The van der Waals surface area contributed by atoms with E-state index in [0.29, 0.717) is 12.4 Å². The third-order valence-corrected chi connectivity index (χ3v) is 4.77. The first-order valence-corrected chi connectivity index (χ1v) is 9.35. The molecule has 1 aliphatic heterocycles. The molecule has 1 aliphatic rings. The van der Waals surface area contributed by atoms with E-state index in [-0.39, 0.29) is 11.8 Å². The molecule has 0 bridgehead atoms. The minimum Gasteiger partial charge on any atom is -0.338 e. The van der Waals surface area contributed by atoms with Gasteiger partial charge in [0.05, 0.1) is 12.2 Å². The maximum absolute atomic E-state index is 12.2. The monoisotopic (exact) mass is 356 g/mol. The van der Waals surface area contributed by atoms with Gasteiger partial charge in [-0.25, -0.2) is 0 Å². The first-order chi connectivity index (χ1) is 12.6. The Hall–Kier alpha value is -2.18. The minimum atomic E-state index is -0.0470. The second-order valence-corrected chi connectivity index (χ2v) is 7.17. The Morgan fingerprint density at radius 2 is 1.85 bits per heavy atom. The Kier molecular flexibility index (Phi) is 6.41. The van der Waals surface area contributed by atoms with Gasteiger partial charge < -0.3 is 9.42 Å². The van der Waals surface area contributed by atoms with Crippen LogP contribution in [-0.2, 0) is 11.2 Å². The lowest BCUT2D eigenvalue weighted by Gasteiger charge is -2.34. The SMILES string of the molecule is CC(C)c1cc(NC(=O)CN2CCN(CCc3ccccc3)CC2)on1. The number of rotatable bonds is 7. The molecule has 1 N–H and O–H groups in total. The summed E-state index contributed by atoms with van der Waals surface area (Å²) in [5.41, 5.74) is 2.23. The van der Waals surface area contributed by atoms with Crippen LogP contribution < -0.4 is 5.32 Å². The highest BCUT2D eigenvalue weighted by molar-refractivity contribution is 5.90. The quantitative estimate of drug-likeness (QED) is 0.826. The lowest BCUT2D eigenvalue weighted by Crippen LogP contribution is -2.49. The molecule has 1 aromatic heterocycles. The number of hydrogen-bond acceptors (Lipinski definition) is 5. The van der Waals surface area contributed by atoms with Crippen LogP contribution in [0.4, 0.5) is 5.88 Å². The fraction of sp³-hybridized carbons (Fsp3) is 0.500. The Morgan fingerprint density at radius 1 is 1.15 bits per heavy atom. The van der Waals surface area contributed by atoms with Crippen molar-refractivity contribution in [2.24, 2.45) is 0 Å². The Balaban J connectivity index is 1.37. The van der Waals surface area contributed by atoms with Crippen LogP contribution in [-0.4, -0.2) is 60.1 Å². The third-order valence-electron chi connectivity index (χ3n) is 4.77. The zero-order chi connectivity index (χ0) is 18.4. The zero-order valence-electron chi connectivity index (χ0n) is 15.6. The first-order valence-electron chi connectivity index (χ1n) is 9.35. The van der Waals surface area contributed by atoms with E-state index in [2.05, 4.69) is 50.6 Å². The molecule has 0 saturated carbocycles. The molecule has 1 amide bonds. The molecule has 0 atom stereocenters. The van der Waals surface area contributed by atoms with Gasteiger partial charge >= 0.3 is 0 Å². The van der Waals surface area contributed by atoms with Crippen LogP contribution >= 0.6 is 0 Å². The second-order valence-electron chi connectivity index (χ2n) is 7.17. The zero-order valence-corrected chi connectivity index (χ0v) is 15.6. The maximum atomic E-state index is 12.2. The van der Waals surface area contributed by atoms with Gasteiger partial charge in [0.1, 0.15) is 0 Å². The van der Waals surface area contributed by atoms with Crippen LogP contribution in [0.15, 0.2) is 40.9 Å². The number of aromatic nitrogens is 1. The lowest BCUT2D eigenvalue weighted by atomic mass is 10.1. The number of piperazine rings is 1. The molecule has 140 valence electrons. The van der Waals surface area contributed by atoms with E-state index in [1.807, 2.05) is 13.8 Å². The molecule has 6 heteroatoms. The molecule has 2 heterocycles. The van der Waals surface area contributed by atoms with Crippen molar-refractivity contribution in [1.82, 2.24) is 15.0 Å². The van der Waals surface area contributed by atoms with Crippen molar-refractivity contribution in [3.63, 3.8) is 0 Å². The minimum absolute atomic E-state index is 0.0470. The average Bonchev–Trinajstić information content (AvgIpc) is 3.11. The van der Waals surface area contributed by atoms with Crippen LogP contribution in [0.1, 0.15) is 31.0 Å². The van der Waals surface area contributed by atoms with E-state index in [1.165, 1.54) is 5.56 Å². The molecule has 3 rings (SSSR count). The van der Waals surface area contributed by atoms with Gasteiger partial charge in [0, 0.05) is 38.8 Å². The molecular weight excluding hydrogens is 328 g/mol. The molecule has 0 aliphatic carbocycles. The van der Waals surface area contributed by atoms with E-state index in [0.717, 1.165) is 44.8 Å². The predicted octanol–water partition coefficient (Wildman–Crippen LogP) is 2.60. The van der Waals surface area contributed by atoms with Crippen LogP contribution in [0.2, 0.25) is 0 Å². The van der Waals surface area contributed by atoms with Crippen LogP contribution in [0.25, 0.3) is 0 Å². The smallest absolute Gasteiger partial charge is 0.240 e. The fourth-order valence-corrected chi connectivity index (χ4v) is 3.10. The van der Waals surface area contributed by atoms with Crippen LogP contribution in [0.5, 0.6) is 0 Å². The number of carbonyl (C=O) groups excluding carboxylic acids is 1. The van der Waals surface area contributed by atoms with Gasteiger partial charge in [0.25, 0.3) is 0 Å². The molecule has 1 saturated heterocycles.